The van der Waals surface area contributed by atoms with E-state index in [4.69, 9.17) is 11.7 Å². The molecule has 5 heteroatoms. The van der Waals surface area contributed by atoms with Crippen molar-refractivity contribution < 1.29 is 8.42 Å². The molecule has 0 unspecified atom stereocenters. The second kappa shape index (κ2) is 4.80. The highest BCUT2D eigenvalue weighted by Gasteiger charge is 2.16. The number of nitrogens with zero attached hydrogens (tertiary/aromatic N) is 1. The lowest BCUT2D eigenvalue weighted by molar-refractivity contribution is 0.585. The third kappa shape index (κ3) is 2.60. The van der Waals surface area contributed by atoms with Gasteiger partial charge in [-0.15, -0.1) is 6.42 Å². The van der Waals surface area contributed by atoms with E-state index >= 15 is 0 Å². The molecule has 1 aromatic rings. The van der Waals surface area contributed by atoms with Gasteiger partial charge in [-0.3, -0.25) is 0 Å². The van der Waals surface area contributed by atoms with Gasteiger partial charge in [0.25, 0.3) is 0 Å². The van der Waals surface area contributed by atoms with Gasteiger partial charge in [0.2, 0.25) is 10.0 Å². The van der Waals surface area contributed by atoms with Crippen LogP contribution in [0.4, 0.5) is 0 Å². The van der Waals surface area contributed by atoms with Gasteiger partial charge in [0, 0.05) is 0 Å². The molecule has 4 nitrogen and oxygen atoms in total. The molecule has 1 aromatic carbocycles. The number of hydrogen-bond acceptors (Lipinski definition) is 3. The Morgan fingerprint density at radius 1 is 1.50 bits per heavy atom. The molecule has 16 heavy (non-hydrogen) atoms. The Hall–Kier alpha value is -1.82. The maximum Gasteiger partial charge on any atom is 0.241 e. The van der Waals surface area contributed by atoms with E-state index in [0.29, 0.717) is 11.1 Å². The first kappa shape index (κ1) is 12.3. The van der Waals surface area contributed by atoms with Crippen molar-refractivity contribution >= 4 is 10.0 Å². The number of rotatable bonds is 3. The highest BCUT2D eigenvalue weighted by atomic mass is 32.2. The molecule has 0 fully saturated rings. The number of terminal acetylenes is 1. The summed E-state index contributed by atoms with van der Waals surface area (Å²) in [7, 11) is -3.63. The van der Waals surface area contributed by atoms with E-state index in [2.05, 4.69) is 10.6 Å². The molecule has 1 rings (SSSR count). The van der Waals surface area contributed by atoms with Crippen LogP contribution < -0.4 is 4.72 Å². The van der Waals surface area contributed by atoms with Crippen molar-refractivity contribution in [3.63, 3.8) is 0 Å². The SMILES string of the molecule is C#CCNS(=O)(=O)c1cc(C#N)ccc1C. The molecule has 0 aliphatic rings. The molecule has 0 aliphatic carbocycles. The van der Waals surface area contributed by atoms with Crippen molar-refractivity contribution in [1.82, 2.24) is 4.72 Å². The molecule has 0 atom stereocenters. The van der Waals surface area contributed by atoms with Gasteiger partial charge in [0.1, 0.15) is 0 Å². The number of benzene rings is 1. The zero-order valence-corrected chi connectivity index (χ0v) is 9.50. The van der Waals surface area contributed by atoms with Gasteiger partial charge in [-0.1, -0.05) is 12.0 Å². The van der Waals surface area contributed by atoms with Crippen LogP contribution in [0.1, 0.15) is 11.1 Å². The number of nitrogens with one attached hydrogen (secondary N) is 1. The van der Waals surface area contributed by atoms with Crippen LogP contribution in [0.2, 0.25) is 0 Å². The molecule has 0 amide bonds. The summed E-state index contributed by atoms with van der Waals surface area (Å²) in [4.78, 5) is 0.0850. The first-order valence-electron chi connectivity index (χ1n) is 4.45. The summed E-state index contributed by atoms with van der Waals surface area (Å²) in [5.74, 6) is 2.19. The van der Waals surface area contributed by atoms with Crippen LogP contribution >= 0.6 is 0 Å². The highest BCUT2D eigenvalue weighted by Crippen LogP contribution is 2.16. The van der Waals surface area contributed by atoms with E-state index < -0.39 is 10.0 Å². The topological polar surface area (TPSA) is 70.0 Å². The van der Waals surface area contributed by atoms with Crippen molar-refractivity contribution in [2.45, 2.75) is 11.8 Å². The van der Waals surface area contributed by atoms with Crippen LogP contribution in [0.3, 0.4) is 0 Å². The largest absolute Gasteiger partial charge is 0.241 e. The second-order valence-corrected chi connectivity index (χ2v) is 4.86. The average molecular weight is 234 g/mol. The Morgan fingerprint density at radius 2 is 2.19 bits per heavy atom. The molecule has 1 N–H and O–H groups in total. The lowest BCUT2D eigenvalue weighted by atomic mass is 10.2. The van der Waals surface area contributed by atoms with Crippen LogP contribution in [-0.4, -0.2) is 15.0 Å². The zero-order chi connectivity index (χ0) is 12.2. The lowest BCUT2D eigenvalue weighted by Crippen LogP contribution is -2.24. The molecular formula is C11H10N2O2S. The minimum Gasteiger partial charge on any atom is -0.207 e. The Bertz CT molecular complexity index is 577. The molecule has 0 saturated carbocycles. The number of hydrogen-bond donors (Lipinski definition) is 1. The van der Waals surface area contributed by atoms with Gasteiger partial charge >= 0.3 is 0 Å². The van der Waals surface area contributed by atoms with Crippen molar-refractivity contribution in [2.24, 2.45) is 0 Å². The summed E-state index contributed by atoms with van der Waals surface area (Å²) in [6.45, 7) is 1.59. The summed E-state index contributed by atoms with van der Waals surface area (Å²) in [5, 5.41) is 8.70. The zero-order valence-electron chi connectivity index (χ0n) is 8.69. The van der Waals surface area contributed by atoms with E-state index in [0.717, 1.165) is 0 Å². The molecule has 0 aliphatic heterocycles. The van der Waals surface area contributed by atoms with E-state index in [1.807, 2.05) is 6.07 Å². The molecule has 0 saturated heterocycles. The number of nitriles is 1. The third-order valence-corrected chi connectivity index (χ3v) is 3.51. The van der Waals surface area contributed by atoms with Crippen molar-refractivity contribution in [2.75, 3.05) is 6.54 Å². The lowest BCUT2D eigenvalue weighted by Gasteiger charge is -2.07. The van der Waals surface area contributed by atoms with E-state index in [9.17, 15) is 8.42 Å². The Morgan fingerprint density at radius 3 is 2.75 bits per heavy atom. The quantitative estimate of drug-likeness (QED) is 0.786. The standard InChI is InChI=1S/C11H10N2O2S/c1-3-6-13-16(14,15)11-7-10(8-12)5-4-9(11)2/h1,4-5,7,13H,6H2,2H3. The Labute approximate surface area is 95.0 Å². The summed E-state index contributed by atoms with van der Waals surface area (Å²) in [6, 6.07) is 6.37. The minimum atomic E-state index is -3.63. The van der Waals surface area contributed by atoms with Crippen LogP contribution in [0, 0.1) is 30.6 Å². The summed E-state index contributed by atoms with van der Waals surface area (Å²) in [6.07, 6.45) is 4.98. The molecule has 0 heterocycles. The molecular weight excluding hydrogens is 224 g/mol. The van der Waals surface area contributed by atoms with Crippen LogP contribution in [-0.2, 0) is 10.0 Å². The van der Waals surface area contributed by atoms with Gasteiger partial charge in [-0.2, -0.15) is 9.98 Å². The summed E-state index contributed by atoms with van der Waals surface area (Å²) >= 11 is 0. The number of aryl methyl sites for hydroxylation is 1. The fraction of sp³-hybridized carbons (Fsp3) is 0.182. The fourth-order valence-corrected chi connectivity index (χ4v) is 2.38. The molecule has 0 radical (unpaired) electrons. The summed E-state index contributed by atoms with van der Waals surface area (Å²) in [5.41, 5.74) is 0.871. The van der Waals surface area contributed by atoms with Crippen molar-refractivity contribution in [3.8, 4) is 18.4 Å². The molecule has 82 valence electrons. The first-order valence-corrected chi connectivity index (χ1v) is 5.93. The van der Waals surface area contributed by atoms with Crippen molar-refractivity contribution in [1.29, 1.82) is 5.26 Å². The number of sulfonamides is 1. The van der Waals surface area contributed by atoms with Gasteiger partial charge in [-0.25, -0.2) is 8.42 Å². The van der Waals surface area contributed by atoms with Crippen LogP contribution in [0.15, 0.2) is 23.1 Å². The monoisotopic (exact) mass is 234 g/mol. The Balaban J connectivity index is 3.23. The van der Waals surface area contributed by atoms with Gasteiger partial charge < -0.3 is 0 Å². The van der Waals surface area contributed by atoms with Gasteiger partial charge in [-0.05, 0) is 24.6 Å². The molecule has 0 bridgehead atoms. The van der Waals surface area contributed by atoms with E-state index in [1.165, 1.54) is 6.07 Å². The van der Waals surface area contributed by atoms with Crippen LogP contribution in [0.25, 0.3) is 0 Å². The fourth-order valence-electron chi connectivity index (χ4n) is 1.17. The second-order valence-electron chi connectivity index (χ2n) is 3.12. The minimum absolute atomic E-state index is 0.0709. The molecule has 0 spiro atoms. The smallest absolute Gasteiger partial charge is 0.207 e. The van der Waals surface area contributed by atoms with Gasteiger partial charge in [0.15, 0.2) is 0 Å². The molecule has 0 aromatic heterocycles. The van der Waals surface area contributed by atoms with E-state index in [1.54, 1.807) is 19.1 Å². The highest BCUT2D eigenvalue weighted by molar-refractivity contribution is 7.89. The first-order chi connectivity index (χ1) is 7.51. The predicted molar refractivity (Wildman–Crippen MR) is 59.9 cm³/mol. The third-order valence-electron chi connectivity index (χ3n) is 1.97. The normalized spacial score (nSPS) is 10.4. The summed E-state index contributed by atoms with van der Waals surface area (Å²) < 4.78 is 25.8. The predicted octanol–water partition coefficient (Wildman–Crippen LogP) is 0.778. The maximum atomic E-state index is 11.8. The van der Waals surface area contributed by atoms with Crippen LogP contribution in [0.5, 0.6) is 0 Å². The average Bonchev–Trinajstić information content (AvgIpc) is 2.27. The maximum absolute atomic E-state index is 11.8. The van der Waals surface area contributed by atoms with E-state index in [-0.39, 0.29) is 11.4 Å². The van der Waals surface area contributed by atoms with Gasteiger partial charge in [0.05, 0.1) is 23.1 Å². The van der Waals surface area contributed by atoms with Crippen molar-refractivity contribution in [3.05, 3.63) is 29.3 Å². The Kier molecular flexibility index (Phi) is 3.68.